The summed E-state index contributed by atoms with van der Waals surface area (Å²) >= 11 is 0. The first-order chi connectivity index (χ1) is 9.69. The fourth-order valence-corrected chi connectivity index (χ4v) is 2.37. The van der Waals surface area contributed by atoms with Crippen molar-refractivity contribution in [2.75, 3.05) is 0 Å². The minimum atomic E-state index is -0.968. The molecule has 0 amide bonds. The second-order valence-electron chi connectivity index (χ2n) is 4.85. The van der Waals surface area contributed by atoms with Crippen LogP contribution in [0.1, 0.15) is 37.2 Å². The van der Waals surface area contributed by atoms with Crippen LogP contribution in [0, 0.1) is 5.92 Å². The quantitative estimate of drug-likeness (QED) is 0.823. The Morgan fingerprint density at radius 3 is 2.45 bits per heavy atom. The Morgan fingerprint density at radius 1 is 1.20 bits per heavy atom. The number of hydrogen-bond donors (Lipinski definition) is 1. The zero-order valence-corrected chi connectivity index (χ0v) is 11.9. The number of hydrogen-bond acceptors (Lipinski definition) is 3. The van der Waals surface area contributed by atoms with Crippen molar-refractivity contribution in [2.45, 2.75) is 32.8 Å². The fraction of sp³-hybridized carbons (Fsp3) is 0.375. The number of nitrogens with zero attached hydrogens (tertiary/aromatic N) is 2. The van der Waals surface area contributed by atoms with Crippen LogP contribution < -0.4 is 0 Å². The number of para-hydroxylation sites is 1. The van der Waals surface area contributed by atoms with E-state index in [1.165, 1.54) is 0 Å². The van der Waals surface area contributed by atoms with Crippen LogP contribution in [0.2, 0.25) is 0 Å². The molecule has 1 N–H and O–H groups in total. The number of ketones is 1. The number of carbonyl (C=O) groups excluding carboxylic acids is 1. The van der Waals surface area contributed by atoms with Crippen LogP contribution in [-0.4, -0.2) is 26.8 Å². The van der Waals surface area contributed by atoms with Crippen molar-refractivity contribution in [3.05, 3.63) is 48.3 Å². The summed E-state index contributed by atoms with van der Waals surface area (Å²) in [6.45, 7) is 3.97. The third kappa shape index (κ3) is 2.80. The lowest BCUT2D eigenvalue weighted by molar-refractivity contribution is 0.0580. The Balaban J connectivity index is 2.31. The van der Waals surface area contributed by atoms with Gasteiger partial charge < -0.3 is 5.11 Å². The third-order valence-corrected chi connectivity index (χ3v) is 3.66. The molecule has 1 aromatic carbocycles. The molecule has 0 radical (unpaired) electrons. The summed E-state index contributed by atoms with van der Waals surface area (Å²) in [4.78, 5) is 12.4. The van der Waals surface area contributed by atoms with Crippen LogP contribution in [0.25, 0.3) is 5.69 Å². The van der Waals surface area contributed by atoms with E-state index in [1.807, 2.05) is 44.2 Å². The van der Waals surface area contributed by atoms with Gasteiger partial charge in [0.25, 0.3) is 0 Å². The van der Waals surface area contributed by atoms with Gasteiger partial charge in [0, 0.05) is 0 Å². The van der Waals surface area contributed by atoms with E-state index < -0.39 is 6.10 Å². The van der Waals surface area contributed by atoms with Crippen LogP contribution in [0.5, 0.6) is 0 Å². The van der Waals surface area contributed by atoms with E-state index in [9.17, 15) is 9.90 Å². The molecule has 1 aromatic heterocycles. The average molecular weight is 272 g/mol. The molecule has 0 aliphatic rings. The molecule has 2 rings (SSSR count). The highest BCUT2D eigenvalue weighted by Crippen LogP contribution is 2.19. The minimum Gasteiger partial charge on any atom is -0.385 e. The molecule has 0 spiro atoms. The lowest BCUT2D eigenvalue weighted by atomic mass is 9.92. The highest BCUT2D eigenvalue weighted by atomic mass is 16.3. The second kappa shape index (κ2) is 6.48. The summed E-state index contributed by atoms with van der Waals surface area (Å²) in [6.07, 6.45) is 2.18. The second-order valence-corrected chi connectivity index (χ2v) is 4.85. The molecule has 0 aliphatic heterocycles. The molecule has 106 valence electrons. The molecule has 4 heteroatoms. The summed E-state index contributed by atoms with van der Waals surface area (Å²) in [6, 6.07) is 11.1. The first-order valence-corrected chi connectivity index (χ1v) is 7.00. The minimum absolute atomic E-state index is 0.0124. The fourth-order valence-electron chi connectivity index (χ4n) is 2.37. The topological polar surface area (TPSA) is 55.1 Å². The van der Waals surface area contributed by atoms with Crippen molar-refractivity contribution in [1.29, 1.82) is 0 Å². The van der Waals surface area contributed by atoms with Crippen LogP contribution >= 0.6 is 0 Å². The Morgan fingerprint density at radius 2 is 1.85 bits per heavy atom. The van der Waals surface area contributed by atoms with E-state index in [2.05, 4.69) is 5.10 Å². The Hall–Kier alpha value is -1.94. The molecule has 0 bridgehead atoms. The predicted molar refractivity (Wildman–Crippen MR) is 78.0 cm³/mol. The smallest absolute Gasteiger partial charge is 0.209 e. The van der Waals surface area contributed by atoms with Crippen molar-refractivity contribution >= 4 is 5.78 Å². The summed E-state index contributed by atoms with van der Waals surface area (Å²) in [5.41, 5.74) is 1.24. The summed E-state index contributed by atoms with van der Waals surface area (Å²) in [5.74, 6) is -0.276. The normalized spacial score (nSPS) is 12.6. The predicted octanol–water partition coefficient (Wildman–Crippen LogP) is 2.85. The number of aliphatic hydroxyl groups excluding tert-OH is 1. The van der Waals surface area contributed by atoms with Crippen molar-refractivity contribution in [2.24, 2.45) is 5.92 Å². The number of carbonyl (C=O) groups is 1. The van der Waals surface area contributed by atoms with Gasteiger partial charge in [-0.25, -0.2) is 4.68 Å². The SMILES string of the molecule is CCC(CC)C(O)C(=O)c1ccnn1-c1ccccc1. The molecule has 2 aromatic rings. The lowest BCUT2D eigenvalue weighted by Crippen LogP contribution is -2.30. The van der Waals surface area contributed by atoms with Crippen LogP contribution in [0.15, 0.2) is 42.6 Å². The van der Waals surface area contributed by atoms with Gasteiger partial charge in [0.05, 0.1) is 11.9 Å². The number of Topliss-reactive ketones (excluding diaryl/α,β-unsaturated/α-hetero) is 1. The van der Waals surface area contributed by atoms with E-state index in [0.717, 1.165) is 18.5 Å². The zero-order valence-electron chi connectivity index (χ0n) is 11.9. The maximum Gasteiger partial charge on any atom is 0.209 e. The molecule has 20 heavy (non-hydrogen) atoms. The summed E-state index contributed by atoms with van der Waals surface area (Å²) in [5, 5.41) is 14.4. The van der Waals surface area contributed by atoms with Crippen molar-refractivity contribution < 1.29 is 9.90 Å². The molecule has 0 saturated carbocycles. The van der Waals surface area contributed by atoms with Crippen LogP contribution in [0.4, 0.5) is 0 Å². The van der Waals surface area contributed by atoms with E-state index >= 15 is 0 Å². The molecule has 1 heterocycles. The summed E-state index contributed by atoms with van der Waals surface area (Å²) < 4.78 is 1.58. The Bertz CT molecular complexity index is 559. The summed E-state index contributed by atoms with van der Waals surface area (Å²) in [7, 11) is 0. The molecule has 1 atom stereocenters. The maximum absolute atomic E-state index is 12.4. The van der Waals surface area contributed by atoms with Gasteiger partial charge in [-0.1, -0.05) is 44.9 Å². The molecule has 0 fully saturated rings. The van der Waals surface area contributed by atoms with Crippen LogP contribution in [0.3, 0.4) is 0 Å². The average Bonchev–Trinajstić information content (AvgIpc) is 2.98. The maximum atomic E-state index is 12.4. The largest absolute Gasteiger partial charge is 0.385 e. The van der Waals surface area contributed by atoms with Crippen molar-refractivity contribution in [3.63, 3.8) is 0 Å². The van der Waals surface area contributed by atoms with Gasteiger partial charge >= 0.3 is 0 Å². The number of benzene rings is 1. The zero-order chi connectivity index (χ0) is 14.5. The van der Waals surface area contributed by atoms with Crippen molar-refractivity contribution in [3.8, 4) is 5.69 Å². The van der Waals surface area contributed by atoms with Gasteiger partial charge in [-0.2, -0.15) is 5.10 Å². The standard InChI is InChI=1S/C16H20N2O2/c1-3-12(4-2)15(19)16(20)14-10-11-17-18(14)13-8-6-5-7-9-13/h5-12,15,19H,3-4H2,1-2H3. The first-order valence-electron chi connectivity index (χ1n) is 7.00. The number of rotatable bonds is 6. The first kappa shape index (κ1) is 14.5. The highest BCUT2D eigenvalue weighted by Gasteiger charge is 2.27. The highest BCUT2D eigenvalue weighted by molar-refractivity contribution is 5.98. The van der Waals surface area contributed by atoms with Gasteiger partial charge in [0.15, 0.2) is 0 Å². The van der Waals surface area contributed by atoms with E-state index in [0.29, 0.717) is 5.69 Å². The van der Waals surface area contributed by atoms with Crippen LogP contribution in [-0.2, 0) is 0 Å². The van der Waals surface area contributed by atoms with E-state index in [4.69, 9.17) is 0 Å². The molecular weight excluding hydrogens is 252 g/mol. The monoisotopic (exact) mass is 272 g/mol. The third-order valence-electron chi connectivity index (χ3n) is 3.66. The Labute approximate surface area is 119 Å². The van der Waals surface area contributed by atoms with Gasteiger partial charge in [0.2, 0.25) is 5.78 Å². The van der Waals surface area contributed by atoms with Gasteiger partial charge in [-0.15, -0.1) is 0 Å². The molecule has 0 saturated heterocycles. The number of aromatic nitrogens is 2. The van der Waals surface area contributed by atoms with E-state index in [1.54, 1.807) is 16.9 Å². The lowest BCUT2D eigenvalue weighted by Gasteiger charge is -2.19. The Kier molecular flexibility index (Phi) is 4.69. The molecular formula is C16H20N2O2. The molecule has 1 unspecified atom stereocenters. The number of aliphatic hydroxyl groups is 1. The van der Waals surface area contributed by atoms with Gasteiger partial charge in [0.1, 0.15) is 11.8 Å². The van der Waals surface area contributed by atoms with Gasteiger partial charge in [-0.05, 0) is 24.1 Å². The van der Waals surface area contributed by atoms with Gasteiger partial charge in [-0.3, -0.25) is 4.79 Å². The molecule has 0 aliphatic carbocycles. The van der Waals surface area contributed by atoms with E-state index in [-0.39, 0.29) is 11.7 Å². The van der Waals surface area contributed by atoms with Crippen molar-refractivity contribution in [1.82, 2.24) is 9.78 Å². The molecule has 4 nitrogen and oxygen atoms in total.